The summed E-state index contributed by atoms with van der Waals surface area (Å²) in [4.78, 5) is 16.9. The summed E-state index contributed by atoms with van der Waals surface area (Å²) in [7, 11) is -5.64. The van der Waals surface area contributed by atoms with Crippen LogP contribution in [-0.4, -0.2) is 13.1 Å². The van der Waals surface area contributed by atoms with E-state index in [9.17, 15) is 4.20 Å². The molecule has 0 saturated carbocycles. The summed E-state index contributed by atoms with van der Waals surface area (Å²) in [6, 6.07) is 0. The quantitative estimate of drug-likeness (QED) is 0.0564. The molecule has 0 heterocycles. The molecule has 0 bridgehead atoms. The maximum atomic E-state index is 10.1. The molecule has 6 N–H and O–H groups in total. The fourth-order valence-corrected chi connectivity index (χ4v) is 5.45. The SMILES string of the molecule is CCCCCCCCCCCCCCCCCC[NH3+].CCCCCCCCCCCCCCCCCC[NH3+].O=P([O-])([O-])F. The number of quaternary nitrogens is 2. The van der Waals surface area contributed by atoms with Crippen LogP contribution in [0.2, 0.25) is 0 Å². The molecule has 0 amide bonds. The van der Waals surface area contributed by atoms with Gasteiger partial charge in [0.25, 0.3) is 0 Å². The van der Waals surface area contributed by atoms with Crippen molar-refractivity contribution in [1.29, 1.82) is 0 Å². The highest BCUT2D eigenvalue weighted by molar-refractivity contribution is 7.42. The minimum atomic E-state index is -5.64. The van der Waals surface area contributed by atoms with Gasteiger partial charge in [0.1, 0.15) is 7.91 Å². The predicted octanol–water partition coefficient (Wildman–Crippen LogP) is 9.76. The lowest BCUT2D eigenvalue weighted by molar-refractivity contribution is -0.368. The molecule has 0 aliphatic rings. The fourth-order valence-electron chi connectivity index (χ4n) is 5.45. The van der Waals surface area contributed by atoms with Gasteiger partial charge in [-0.3, -0.25) is 0 Å². The lowest BCUT2D eigenvalue weighted by Crippen LogP contribution is -2.50. The van der Waals surface area contributed by atoms with Crippen molar-refractivity contribution >= 4 is 7.91 Å². The molecule has 0 radical (unpaired) electrons. The second kappa shape index (κ2) is 44.1. The second-order valence-corrected chi connectivity index (χ2v) is 13.6. The van der Waals surface area contributed by atoms with Crippen molar-refractivity contribution in [3.05, 3.63) is 0 Å². The molecule has 7 heteroatoms. The zero-order valence-electron chi connectivity index (χ0n) is 29.5. The number of hydrogen-bond donors (Lipinski definition) is 2. The summed E-state index contributed by atoms with van der Waals surface area (Å²) in [5.74, 6) is 0. The first kappa shape index (κ1) is 47.4. The molecule has 5 nitrogen and oxygen atoms in total. The Morgan fingerprint density at radius 2 is 0.488 bits per heavy atom. The van der Waals surface area contributed by atoms with Crippen molar-refractivity contribution in [2.24, 2.45) is 0 Å². The van der Waals surface area contributed by atoms with E-state index in [1.807, 2.05) is 0 Å². The monoisotopic (exact) mass is 639 g/mol. The van der Waals surface area contributed by atoms with Crippen molar-refractivity contribution in [3.63, 3.8) is 0 Å². The van der Waals surface area contributed by atoms with E-state index in [1.165, 1.54) is 205 Å². The van der Waals surface area contributed by atoms with Crippen LogP contribution in [0.25, 0.3) is 0 Å². The molecule has 0 aliphatic carbocycles. The highest BCUT2D eigenvalue weighted by atomic mass is 31.2. The third-order valence-corrected chi connectivity index (χ3v) is 8.21. The fraction of sp³-hybridized carbons (Fsp3) is 1.00. The van der Waals surface area contributed by atoms with Crippen LogP contribution in [-0.2, 0) is 4.57 Å². The molecule has 0 rings (SSSR count). The number of halogens is 1. The van der Waals surface area contributed by atoms with E-state index < -0.39 is 7.91 Å². The zero-order chi connectivity index (χ0) is 32.5. The highest BCUT2D eigenvalue weighted by Gasteiger charge is 1.95. The molecule has 0 unspecified atom stereocenters. The Balaban J connectivity index is -0.000000642. The maximum absolute atomic E-state index is 10.1. The summed E-state index contributed by atoms with van der Waals surface area (Å²) in [5, 5.41) is 0. The standard InChI is InChI=1S/2C18H39N.FH2O3P/c2*1-2-3-4-5-6-7-8-9-10-11-12-13-14-15-16-17-18-19;1-5(2,3)4/h2*2-19H2,1H3;(H2,2,3,4). The minimum absolute atomic E-state index is 1.12. The third kappa shape index (κ3) is 65.6. The predicted molar refractivity (Wildman–Crippen MR) is 183 cm³/mol. The van der Waals surface area contributed by atoms with Crippen LogP contribution in [0.4, 0.5) is 4.20 Å². The van der Waals surface area contributed by atoms with Gasteiger partial charge in [-0.05, 0) is 25.7 Å². The van der Waals surface area contributed by atoms with E-state index >= 15 is 0 Å². The molecular weight excluding hydrogens is 558 g/mol. The number of unbranched alkanes of at least 4 members (excludes halogenated alkanes) is 30. The Kier molecular flexibility index (Phi) is 48.6. The van der Waals surface area contributed by atoms with Crippen LogP contribution >= 0.6 is 7.91 Å². The first-order valence-corrected chi connectivity index (χ1v) is 20.6. The van der Waals surface area contributed by atoms with Gasteiger partial charge in [-0.15, -0.1) is 0 Å². The Bertz CT molecular complexity index is 435. The second-order valence-electron chi connectivity index (χ2n) is 12.7. The van der Waals surface area contributed by atoms with Gasteiger partial charge in [0.2, 0.25) is 0 Å². The van der Waals surface area contributed by atoms with Crippen molar-refractivity contribution in [2.45, 2.75) is 219 Å². The number of rotatable bonds is 32. The average Bonchev–Trinajstić information content (AvgIpc) is 2.97. The maximum Gasteiger partial charge on any atom is 0.110 e. The Hall–Kier alpha value is -0.0000000000000000555. The van der Waals surface area contributed by atoms with Crippen LogP contribution in [0.15, 0.2) is 0 Å². The van der Waals surface area contributed by atoms with E-state index in [1.54, 1.807) is 0 Å². The largest absolute Gasteiger partial charge is 0.786 e. The molecule has 0 aromatic carbocycles. The van der Waals surface area contributed by atoms with Crippen molar-refractivity contribution in [1.82, 2.24) is 0 Å². The molecule has 0 spiro atoms. The van der Waals surface area contributed by atoms with E-state index in [-0.39, 0.29) is 0 Å². The van der Waals surface area contributed by atoms with Gasteiger partial charge in [-0.1, -0.05) is 194 Å². The van der Waals surface area contributed by atoms with Gasteiger partial charge in [-0.2, -0.15) is 0 Å². The lowest BCUT2D eigenvalue weighted by Gasteiger charge is -2.15. The van der Waals surface area contributed by atoms with E-state index in [0.717, 1.165) is 13.1 Å². The van der Waals surface area contributed by atoms with Crippen LogP contribution in [0.3, 0.4) is 0 Å². The van der Waals surface area contributed by atoms with E-state index in [0.29, 0.717) is 0 Å². The number of hydrogen-bond acceptors (Lipinski definition) is 3. The summed E-state index contributed by atoms with van der Waals surface area (Å²) in [5.41, 5.74) is 7.78. The van der Waals surface area contributed by atoms with Gasteiger partial charge in [0, 0.05) is 0 Å². The Morgan fingerprint density at radius 1 is 0.372 bits per heavy atom. The molecule has 0 aromatic heterocycles. The first-order valence-electron chi connectivity index (χ1n) is 19.1. The summed E-state index contributed by atoms with van der Waals surface area (Å²) in [6.07, 6.45) is 46.4. The van der Waals surface area contributed by atoms with Crippen molar-refractivity contribution in [2.75, 3.05) is 13.1 Å². The van der Waals surface area contributed by atoms with Crippen LogP contribution < -0.4 is 21.3 Å². The van der Waals surface area contributed by atoms with Crippen molar-refractivity contribution in [3.8, 4) is 0 Å². The highest BCUT2D eigenvalue weighted by Crippen LogP contribution is 2.22. The molecule has 0 aromatic rings. The molecule has 0 fully saturated rings. The summed E-state index contributed by atoms with van der Waals surface area (Å²) < 4.78 is 18.6. The molecule has 264 valence electrons. The normalized spacial score (nSPS) is 11.1. The van der Waals surface area contributed by atoms with Gasteiger partial charge < -0.3 is 25.8 Å². The first-order chi connectivity index (χ1) is 20.8. The molecule has 0 atom stereocenters. The van der Waals surface area contributed by atoms with Gasteiger partial charge in [0.15, 0.2) is 0 Å². The smallest absolute Gasteiger partial charge is 0.110 e. The van der Waals surface area contributed by atoms with E-state index in [2.05, 4.69) is 25.3 Å². The minimum Gasteiger partial charge on any atom is -0.786 e. The van der Waals surface area contributed by atoms with Gasteiger partial charge >= 0.3 is 0 Å². The summed E-state index contributed by atoms with van der Waals surface area (Å²) in [6.45, 7) is 6.83. The van der Waals surface area contributed by atoms with Crippen LogP contribution in [0, 0.1) is 0 Å². The molecule has 0 saturated heterocycles. The van der Waals surface area contributed by atoms with Crippen molar-refractivity contribution < 1.29 is 30.0 Å². The van der Waals surface area contributed by atoms with Gasteiger partial charge in [0.05, 0.1) is 13.1 Å². The molecular formula is C36H80FN2O3P. The lowest BCUT2D eigenvalue weighted by atomic mass is 10.0. The third-order valence-electron chi connectivity index (χ3n) is 8.21. The van der Waals surface area contributed by atoms with Crippen LogP contribution in [0.5, 0.6) is 0 Å². The van der Waals surface area contributed by atoms with Crippen LogP contribution in [0.1, 0.15) is 219 Å². The van der Waals surface area contributed by atoms with E-state index in [4.69, 9.17) is 14.4 Å². The molecule has 43 heavy (non-hydrogen) atoms. The summed E-state index contributed by atoms with van der Waals surface area (Å²) >= 11 is 0. The van der Waals surface area contributed by atoms with Gasteiger partial charge in [-0.25, -0.2) is 4.20 Å². The topological polar surface area (TPSA) is 118 Å². The Morgan fingerprint density at radius 3 is 0.605 bits per heavy atom. The Labute approximate surface area is 270 Å². The molecule has 0 aliphatic heterocycles. The zero-order valence-corrected chi connectivity index (χ0v) is 30.4. The average molecular weight is 639 g/mol.